The molecule has 0 N–H and O–H groups in total. The maximum absolute atomic E-state index is 12.5. The summed E-state index contributed by atoms with van der Waals surface area (Å²) in [5.74, 6) is 0.596. The molecular formula is C19H20N4O2. The van der Waals surface area contributed by atoms with Crippen molar-refractivity contribution in [2.75, 3.05) is 38.2 Å². The minimum absolute atomic E-state index is 0.0752. The molecule has 1 aromatic carbocycles. The summed E-state index contributed by atoms with van der Waals surface area (Å²) in [7, 11) is 1.56. The van der Waals surface area contributed by atoms with E-state index in [2.05, 4.69) is 16.0 Å². The van der Waals surface area contributed by atoms with E-state index in [1.54, 1.807) is 19.2 Å². The Bertz CT molecular complexity index is 792. The van der Waals surface area contributed by atoms with Gasteiger partial charge in [0.05, 0.1) is 30.9 Å². The van der Waals surface area contributed by atoms with Crippen LogP contribution in [0.25, 0.3) is 0 Å². The van der Waals surface area contributed by atoms with Gasteiger partial charge in [-0.25, -0.2) is 4.98 Å². The lowest BCUT2D eigenvalue weighted by Gasteiger charge is -2.36. The average molecular weight is 336 g/mol. The predicted molar refractivity (Wildman–Crippen MR) is 94.4 cm³/mol. The van der Waals surface area contributed by atoms with Crippen molar-refractivity contribution in [3.05, 3.63) is 53.7 Å². The van der Waals surface area contributed by atoms with E-state index in [-0.39, 0.29) is 12.3 Å². The Morgan fingerprint density at radius 2 is 1.96 bits per heavy atom. The number of nitrogens with zero attached hydrogens (tertiary/aromatic N) is 4. The number of hydrogen-bond donors (Lipinski definition) is 0. The van der Waals surface area contributed by atoms with Crippen LogP contribution in [0.3, 0.4) is 0 Å². The van der Waals surface area contributed by atoms with Crippen molar-refractivity contribution in [3.63, 3.8) is 0 Å². The normalized spacial score (nSPS) is 14.1. The number of aromatic nitrogens is 1. The van der Waals surface area contributed by atoms with Crippen LogP contribution in [0.15, 0.2) is 42.5 Å². The first-order valence-electron chi connectivity index (χ1n) is 8.22. The van der Waals surface area contributed by atoms with Crippen LogP contribution in [0.4, 0.5) is 5.69 Å². The first kappa shape index (κ1) is 16.8. The first-order chi connectivity index (χ1) is 12.2. The first-order valence-corrected chi connectivity index (χ1v) is 8.22. The van der Waals surface area contributed by atoms with E-state index < -0.39 is 0 Å². The zero-order valence-corrected chi connectivity index (χ0v) is 14.2. The lowest BCUT2D eigenvalue weighted by molar-refractivity contribution is -0.130. The Morgan fingerprint density at radius 1 is 1.20 bits per heavy atom. The number of rotatable bonds is 4. The molecule has 0 radical (unpaired) electrons. The molecule has 0 aliphatic carbocycles. The number of nitriles is 1. The topological polar surface area (TPSA) is 69.5 Å². The molecule has 3 rings (SSSR count). The summed E-state index contributed by atoms with van der Waals surface area (Å²) in [5, 5.41) is 9.02. The molecule has 2 aromatic rings. The van der Waals surface area contributed by atoms with E-state index in [1.165, 1.54) is 0 Å². The van der Waals surface area contributed by atoms with Crippen LogP contribution in [-0.2, 0) is 11.2 Å². The van der Waals surface area contributed by atoms with Gasteiger partial charge in [0.15, 0.2) is 0 Å². The minimum atomic E-state index is 0.0752. The number of ether oxygens (including phenoxy) is 1. The molecule has 6 nitrogen and oxygen atoms in total. The van der Waals surface area contributed by atoms with E-state index in [0.717, 1.165) is 18.8 Å². The molecule has 0 saturated carbocycles. The van der Waals surface area contributed by atoms with Crippen molar-refractivity contribution >= 4 is 11.6 Å². The van der Waals surface area contributed by atoms with Crippen LogP contribution >= 0.6 is 0 Å². The summed E-state index contributed by atoms with van der Waals surface area (Å²) >= 11 is 0. The summed E-state index contributed by atoms with van der Waals surface area (Å²) in [4.78, 5) is 20.9. The summed E-state index contributed by atoms with van der Waals surface area (Å²) in [6.07, 6.45) is 0.279. The van der Waals surface area contributed by atoms with Gasteiger partial charge in [-0.2, -0.15) is 5.26 Å². The van der Waals surface area contributed by atoms with Crippen molar-refractivity contribution < 1.29 is 9.53 Å². The summed E-state index contributed by atoms with van der Waals surface area (Å²) in [6, 6.07) is 15.2. The van der Waals surface area contributed by atoms with E-state index in [9.17, 15) is 4.79 Å². The molecule has 0 spiro atoms. The fourth-order valence-corrected chi connectivity index (χ4v) is 2.92. The number of piperazine rings is 1. The second-order valence-electron chi connectivity index (χ2n) is 5.88. The van der Waals surface area contributed by atoms with Gasteiger partial charge in [-0.05, 0) is 24.3 Å². The van der Waals surface area contributed by atoms with E-state index in [4.69, 9.17) is 10.00 Å². The molecule has 0 unspecified atom stereocenters. The molecule has 128 valence electrons. The average Bonchev–Trinajstić information content (AvgIpc) is 2.68. The van der Waals surface area contributed by atoms with Crippen LogP contribution in [0.5, 0.6) is 5.88 Å². The van der Waals surface area contributed by atoms with E-state index in [1.807, 2.05) is 35.2 Å². The highest BCUT2D eigenvalue weighted by molar-refractivity contribution is 5.78. The van der Waals surface area contributed by atoms with Crippen molar-refractivity contribution in [2.45, 2.75) is 6.42 Å². The number of benzene rings is 1. The van der Waals surface area contributed by atoms with Crippen LogP contribution in [-0.4, -0.2) is 49.1 Å². The van der Waals surface area contributed by atoms with Crippen molar-refractivity contribution in [1.82, 2.24) is 9.88 Å². The van der Waals surface area contributed by atoms with E-state index in [0.29, 0.717) is 30.2 Å². The zero-order chi connectivity index (χ0) is 17.6. The van der Waals surface area contributed by atoms with Gasteiger partial charge in [-0.1, -0.05) is 12.1 Å². The van der Waals surface area contributed by atoms with Crippen molar-refractivity contribution in [2.24, 2.45) is 0 Å². The molecule has 0 bridgehead atoms. The maximum Gasteiger partial charge on any atom is 0.228 e. The summed E-state index contributed by atoms with van der Waals surface area (Å²) in [5.41, 5.74) is 2.40. The standard InChI is InChI=1S/C19H20N4O2/c1-25-18-7-3-5-16(21-18)13-19(24)23-10-8-22(9-11-23)17-6-2-4-15(12-17)14-20/h2-7,12H,8-11,13H2,1H3. The maximum atomic E-state index is 12.5. The van der Waals surface area contributed by atoms with Gasteiger partial charge in [0, 0.05) is 37.9 Å². The third-order valence-corrected chi connectivity index (χ3v) is 4.30. The van der Waals surface area contributed by atoms with Gasteiger partial charge in [0.25, 0.3) is 0 Å². The highest BCUT2D eigenvalue weighted by atomic mass is 16.5. The molecule has 25 heavy (non-hydrogen) atoms. The van der Waals surface area contributed by atoms with Gasteiger partial charge in [-0.15, -0.1) is 0 Å². The van der Waals surface area contributed by atoms with Crippen LogP contribution in [0.2, 0.25) is 0 Å². The van der Waals surface area contributed by atoms with Crippen LogP contribution < -0.4 is 9.64 Å². The molecule has 1 saturated heterocycles. The molecule has 1 aromatic heterocycles. The van der Waals surface area contributed by atoms with Crippen molar-refractivity contribution in [3.8, 4) is 11.9 Å². The lowest BCUT2D eigenvalue weighted by atomic mass is 10.1. The summed E-state index contributed by atoms with van der Waals surface area (Å²) in [6.45, 7) is 2.84. The highest BCUT2D eigenvalue weighted by Crippen LogP contribution is 2.18. The second-order valence-corrected chi connectivity index (χ2v) is 5.88. The largest absolute Gasteiger partial charge is 0.481 e. The number of hydrogen-bond acceptors (Lipinski definition) is 5. The van der Waals surface area contributed by atoms with E-state index >= 15 is 0 Å². The number of carbonyl (C=O) groups is 1. The van der Waals surface area contributed by atoms with Gasteiger partial charge in [-0.3, -0.25) is 4.79 Å². The monoisotopic (exact) mass is 336 g/mol. The predicted octanol–water partition coefficient (Wildman–Crippen LogP) is 1.85. The lowest BCUT2D eigenvalue weighted by Crippen LogP contribution is -2.49. The summed E-state index contributed by atoms with van der Waals surface area (Å²) < 4.78 is 5.10. The Kier molecular flexibility index (Phi) is 5.14. The highest BCUT2D eigenvalue weighted by Gasteiger charge is 2.22. The van der Waals surface area contributed by atoms with Gasteiger partial charge in [0.1, 0.15) is 0 Å². The van der Waals surface area contributed by atoms with Crippen LogP contribution in [0.1, 0.15) is 11.3 Å². The molecule has 1 amide bonds. The number of pyridine rings is 1. The number of anilines is 1. The van der Waals surface area contributed by atoms with Crippen molar-refractivity contribution in [1.29, 1.82) is 5.26 Å². The van der Waals surface area contributed by atoms with Crippen LogP contribution in [0, 0.1) is 11.3 Å². The molecule has 2 heterocycles. The Hall–Kier alpha value is -3.07. The third kappa shape index (κ3) is 4.07. The smallest absolute Gasteiger partial charge is 0.228 e. The third-order valence-electron chi connectivity index (χ3n) is 4.30. The number of amides is 1. The fraction of sp³-hybridized carbons (Fsp3) is 0.316. The molecule has 1 aliphatic rings. The minimum Gasteiger partial charge on any atom is -0.481 e. The number of carbonyl (C=O) groups excluding carboxylic acids is 1. The fourth-order valence-electron chi connectivity index (χ4n) is 2.92. The Morgan fingerprint density at radius 3 is 2.68 bits per heavy atom. The quantitative estimate of drug-likeness (QED) is 0.852. The van der Waals surface area contributed by atoms with Gasteiger partial charge >= 0.3 is 0 Å². The number of methoxy groups -OCH3 is 1. The molecule has 0 atom stereocenters. The Balaban J connectivity index is 1.58. The second kappa shape index (κ2) is 7.67. The zero-order valence-electron chi connectivity index (χ0n) is 14.2. The molecule has 1 aliphatic heterocycles. The SMILES string of the molecule is COc1cccc(CC(=O)N2CCN(c3cccc(C#N)c3)CC2)n1. The molecule has 1 fully saturated rings. The molecule has 6 heteroatoms. The van der Waals surface area contributed by atoms with Gasteiger partial charge < -0.3 is 14.5 Å². The van der Waals surface area contributed by atoms with Gasteiger partial charge in [0.2, 0.25) is 11.8 Å². The molecular weight excluding hydrogens is 316 g/mol. The Labute approximate surface area is 147 Å².